The topological polar surface area (TPSA) is 79.4 Å². The van der Waals surface area contributed by atoms with E-state index in [9.17, 15) is 9.18 Å². The van der Waals surface area contributed by atoms with E-state index in [1.165, 1.54) is 31.2 Å². The van der Waals surface area contributed by atoms with Crippen molar-refractivity contribution in [1.82, 2.24) is 9.78 Å². The number of ether oxygens (including phenoxy) is 2. The van der Waals surface area contributed by atoms with E-state index < -0.39 is 11.8 Å². The summed E-state index contributed by atoms with van der Waals surface area (Å²) in [6, 6.07) is 4.51. The predicted molar refractivity (Wildman–Crippen MR) is 70.0 cm³/mol. The standard InChI is InChI=1S/C13H14FN3O3/c1-19-9-4-3-8(10(14)5-9)6-17-7-11(15)12(16-17)13(18)20-2/h3-5,7H,6,15H2,1-2H3. The quantitative estimate of drug-likeness (QED) is 0.857. The van der Waals surface area contributed by atoms with Crippen molar-refractivity contribution in [1.29, 1.82) is 0 Å². The van der Waals surface area contributed by atoms with Gasteiger partial charge in [-0.1, -0.05) is 6.07 Å². The Morgan fingerprint density at radius 3 is 2.80 bits per heavy atom. The van der Waals surface area contributed by atoms with Crippen molar-refractivity contribution in [3.8, 4) is 5.75 Å². The molecule has 1 heterocycles. The van der Waals surface area contributed by atoms with Gasteiger partial charge in [-0.15, -0.1) is 0 Å². The first-order valence-electron chi connectivity index (χ1n) is 5.78. The molecule has 2 aromatic rings. The third kappa shape index (κ3) is 2.71. The van der Waals surface area contributed by atoms with Gasteiger partial charge in [-0.25, -0.2) is 9.18 Å². The lowest BCUT2D eigenvalue weighted by Crippen LogP contribution is -2.07. The summed E-state index contributed by atoms with van der Waals surface area (Å²) in [5.41, 5.74) is 6.27. The molecule has 2 rings (SSSR count). The van der Waals surface area contributed by atoms with E-state index in [1.54, 1.807) is 12.1 Å². The average Bonchev–Trinajstić information content (AvgIpc) is 2.81. The van der Waals surface area contributed by atoms with Gasteiger partial charge in [0.15, 0.2) is 5.69 Å². The Kier molecular flexibility index (Phi) is 3.88. The summed E-state index contributed by atoms with van der Waals surface area (Å²) in [7, 11) is 2.70. The number of hydrogen-bond acceptors (Lipinski definition) is 5. The lowest BCUT2D eigenvalue weighted by molar-refractivity contribution is 0.0594. The number of nitrogens with two attached hydrogens (primary N) is 1. The van der Waals surface area contributed by atoms with Crippen LogP contribution in [0.1, 0.15) is 16.1 Å². The molecule has 106 valence electrons. The fourth-order valence-corrected chi connectivity index (χ4v) is 1.73. The van der Waals surface area contributed by atoms with E-state index in [1.807, 2.05) is 0 Å². The van der Waals surface area contributed by atoms with E-state index >= 15 is 0 Å². The van der Waals surface area contributed by atoms with Gasteiger partial charge in [0, 0.05) is 17.8 Å². The highest BCUT2D eigenvalue weighted by atomic mass is 19.1. The predicted octanol–water partition coefficient (Wildman–Crippen LogP) is 1.45. The maximum atomic E-state index is 13.8. The molecule has 0 atom stereocenters. The van der Waals surface area contributed by atoms with Crippen molar-refractivity contribution < 1.29 is 18.7 Å². The molecule has 0 bridgehead atoms. The second kappa shape index (κ2) is 5.60. The van der Waals surface area contributed by atoms with Crippen LogP contribution in [-0.2, 0) is 11.3 Å². The second-order valence-corrected chi connectivity index (χ2v) is 4.08. The zero-order chi connectivity index (χ0) is 14.7. The molecule has 2 N–H and O–H groups in total. The molecule has 7 heteroatoms. The Hall–Kier alpha value is -2.57. The first-order chi connectivity index (χ1) is 9.55. The normalized spacial score (nSPS) is 10.3. The van der Waals surface area contributed by atoms with Crippen molar-refractivity contribution in [3.63, 3.8) is 0 Å². The van der Waals surface area contributed by atoms with E-state index in [0.717, 1.165) is 0 Å². The van der Waals surface area contributed by atoms with Crippen LogP contribution in [0.3, 0.4) is 0 Å². The molecule has 0 unspecified atom stereocenters. The smallest absolute Gasteiger partial charge is 0.360 e. The Bertz CT molecular complexity index is 640. The number of benzene rings is 1. The van der Waals surface area contributed by atoms with Crippen LogP contribution >= 0.6 is 0 Å². The monoisotopic (exact) mass is 279 g/mol. The van der Waals surface area contributed by atoms with E-state index in [2.05, 4.69) is 9.84 Å². The minimum atomic E-state index is -0.628. The van der Waals surface area contributed by atoms with Crippen LogP contribution < -0.4 is 10.5 Å². The number of carbonyl (C=O) groups excluding carboxylic acids is 1. The molecule has 0 aliphatic carbocycles. The average molecular weight is 279 g/mol. The summed E-state index contributed by atoms with van der Waals surface area (Å²) in [5.74, 6) is -0.615. The van der Waals surface area contributed by atoms with Crippen LogP contribution in [0, 0.1) is 5.82 Å². The molecule has 0 aliphatic rings. The van der Waals surface area contributed by atoms with Crippen molar-refractivity contribution >= 4 is 11.7 Å². The Morgan fingerprint density at radius 2 is 2.20 bits per heavy atom. The van der Waals surface area contributed by atoms with Crippen LogP contribution in [0.2, 0.25) is 0 Å². The maximum Gasteiger partial charge on any atom is 0.360 e. The Morgan fingerprint density at radius 1 is 1.45 bits per heavy atom. The van der Waals surface area contributed by atoms with Gasteiger partial charge in [0.1, 0.15) is 11.6 Å². The fraction of sp³-hybridized carbons (Fsp3) is 0.231. The van der Waals surface area contributed by atoms with Crippen LogP contribution in [0.5, 0.6) is 5.75 Å². The van der Waals surface area contributed by atoms with Crippen LogP contribution in [0.4, 0.5) is 10.1 Å². The minimum absolute atomic E-state index is 0.0152. The second-order valence-electron chi connectivity index (χ2n) is 4.08. The van der Waals surface area contributed by atoms with Gasteiger partial charge in [-0.3, -0.25) is 4.68 Å². The Labute approximate surface area is 114 Å². The summed E-state index contributed by atoms with van der Waals surface area (Å²) in [6.45, 7) is 0.150. The third-order valence-corrected chi connectivity index (χ3v) is 2.76. The lowest BCUT2D eigenvalue weighted by Gasteiger charge is -2.05. The first kappa shape index (κ1) is 13.9. The molecule has 0 radical (unpaired) electrons. The van der Waals surface area contributed by atoms with Gasteiger partial charge in [0.2, 0.25) is 0 Å². The summed E-state index contributed by atoms with van der Waals surface area (Å²) in [6.07, 6.45) is 1.45. The van der Waals surface area contributed by atoms with E-state index in [4.69, 9.17) is 10.5 Å². The first-order valence-corrected chi connectivity index (χ1v) is 5.78. The Balaban J connectivity index is 2.24. The van der Waals surface area contributed by atoms with Crippen LogP contribution in [-0.4, -0.2) is 30.0 Å². The zero-order valence-corrected chi connectivity index (χ0v) is 11.1. The third-order valence-electron chi connectivity index (χ3n) is 2.76. The SMILES string of the molecule is COC(=O)c1nn(Cc2ccc(OC)cc2F)cc1N. The summed E-state index contributed by atoms with van der Waals surface area (Å²) in [5, 5.41) is 3.98. The number of aromatic nitrogens is 2. The molecule has 1 aromatic carbocycles. The van der Waals surface area contributed by atoms with Gasteiger partial charge >= 0.3 is 5.97 Å². The van der Waals surface area contributed by atoms with Gasteiger partial charge in [0.05, 0.1) is 26.5 Å². The number of esters is 1. The highest BCUT2D eigenvalue weighted by Crippen LogP contribution is 2.18. The van der Waals surface area contributed by atoms with Crippen molar-refractivity contribution in [2.75, 3.05) is 20.0 Å². The number of nitrogen functional groups attached to an aromatic ring is 1. The molecule has 0 spiro atoms. The molecular weight excluding hydrogens is 265 g/mol. The van der Waals surface area contributed by atoms with Crippen molar-refractivity contribution in [3.05, 3.63) is 41.5 Å². The highest BCUT2D eigenvalue weighted by Gasteiger charge is 2.16. The molecule has 6 nitrogen and oxygen atoms in total. The van der Waals surface area contributed by atoms with Gasteiger partial charge in [-0.2, -0.15) is 5.10 Å². The van der Waals surface area contributed by atoms with Crippen LogP contribution in [0.25, 0.3) is 0 Å². The molecule has 0 fully saturated rings. The zero-order valence-electron chi connectivity index (χ0n) is 11.1. The number of nitrogens with zero attached hydrogens (tertiary/aromatic N) is 2. The highest BCUT2D eigenvalue weighted by molar-refractivity contribution is 5.92. The molecule has 0 amide bonds. The van der Waals surface area contributed by atoms with E-state index in [0.29, 0.717) is 11.3 Å². The molecular formula is C13H14FN3O3. The molecule has 0 saturated carbocycles. The largest absolute Gasteiger partial charge is 0.497 e. The molecule has 1 aromatic heterocycles. The number of carbonyl (C=O) groups is 1. The molecule has 0 saturated heterocycles. The fourth-order valence-electron chi connectivity index (χ4n) is 1.73. The maximum absolute atomic E-state index is 13.8. The van der Waals surface area contributed by atoms with Gasteiger partial charge < -0.3 is 15.2 Å². The summed E-state index contributed by atoms with van der Waals surface area (Å²) >= 11 is 0. The number of rotatable bonds is 4. The summed E-state index contributed by atoms with van der Waals surface area (Å²) < 4.78 is 24.7. The number of hydrogen-bond donors (Lipinski definition) is 1. The van der Waals surface area contributed by atoms with Crippen molar-refractivity contribution in [2.24, 2.45) is 0 Å². The molecule has 20 heavy (non-hydrogen) atoms. The van der Waals surface area contributed by atoms with E-state index in [-0.39, 0.29) is 17.9 Å². The lowest BCUT2D eigenvalue weighted by atomic mass is 10.2. The number of methoxy groups -OCH3 is 2. The summed E-state index contributed by atoms with van der Waals surface area (Å²) in [4.78, 5) is 11.4. The minimum Gasteiger partial charge on any atom is -0.497 e. The van der Waals surface area contributed by atoms with Crippen molar-refractivity contribution in [2.45, 2.75) is 6.54 Å². The number of halogens is 1. The van der Waals surface area contributed by atoms with Gasteiger partial charge in [0.25, 0.3) is 0 Å². The molecule has 0 aliphatic heterocycles. The van der Waals surface area contributed by atoms with Gasteiger partial charge in [-0.05, 0) is 6.07 Å². The van der Waals surface area contributed by atoms with Crippen LogP contribution in [0.15, 0.2) is 24.4 Å². The number of anilines is 1.